The number of benzene rings is 2. The van der Waals surface area contributed by atoms with Crippen molar-refractivity contribution in [3.05, 3.63) is 70.0 Å². The smallest absolute Gasteiger partial charge is 0.286 e. The van der Waals surface area contributed by atoms with Gasteiger partial charge in [0.1, 0.15) is 5.75 Å². The number of allylic oxidation sites excluding steroid dienone is 1. The van der Waals surface area contributed by atoms with E-state index in [0.717, 1.165) is 10.2 Å². The molecule has 128 valence electrons. The molecule has 0 unspecified atom stereocenters. The number of hydrogen-bond acceptors (Lipinski definition) is 3. The molecule has 3 aromatic rings. The summed E-state index contributed by atoms with van der Waals surface area (Å²) in [6.07, 6.45) is 1.76. The molecule has 3 rings (SSSR count). The molecule has 0 radical (unpaired) electrons. The number of carbonyl (C=O) groups is 1. The summed E-state index contributed by atoms with van der Waals surface area (Å²) in [7, 11) is 0. The minimum absolute atomic E-state index is 0.148. The number of aromatic nitrogens is 1. The normalized spacial score (nSPS) is 11.7. The molecule has 1 heterocycles. The van der Waals surface area contributed by atoms with Gasteiger partial charge in [-0.25, -0.2) is 0 Å². The van der Waals surface area contributed by atoms with Gasteiger partial charge in [0.15, 0.2) is 11.4 Å². The highest BCUT2D eigenvalue weighted by Gasteiger charge is 2.08. The van der Waals surface area contributed by atoms with Gasteiger partial charge in [-0.2, -0.15) is 4.99 Å². The summed E-state index contributed by atoms with van der Waals surface area (Å²) in [6.45, 7) is 4.16. The summed E-state index contributed by atoms with van der Waals surface area (Å²) in [6, 6.07) is 12.4. The van der Waals surface area contributed by atoms with Crippen molar-refractivity contribution in [2.45, 2.75) is 6.54 Å². The maximum Gasteiger partial charge on any atom is 0.286 e. The number of fused-ring (bicyclic) bond motifs is 1. The van der Waals surface area contributed by atoms with Crippen LogP contribution in [-0.2, 0) is 11.3 Å². The molecule has 1 amide bonds. The summed E-state index contributed by atoms with van der Waals surface area (Å²) in [5.41, 5.74) is 0.958. The maximum absolute atomic E-state index is 12.2. The lowest BCUT2D eigenvalue weighted by Crippen LogP contribution is -2.19. The van der Waals surface area contributed by atoms with E-state index in [2.05, 4.69) is 11.6 Å². The molecule has 2 aromatic carbocycles. The van der Waals surface area contributed by atoms with E-state index in [1.54, 1.807) is 30.3 Å². The first kappa shape index (κ1) is 17.7. The first-order valence-corrected chi connectivity index (χ1v) is 9.00. The van der Waals surface area contributed by atoms with Crippen LogP contribution in [-0.4, -0.2) is 17.1 Å². The minimum Gasteiger partial charge on any atom is -0.484 e. The van der Waals surface area contributed by atoms with Crippen LogP contribution in [0.1, 0.15) is 0 Å². The van der Waals surface area contributed by atoms with E-state index in [1.807, 2.05) is 22.8 Å². The van der Waals surface area contributed by atoms with Crippen molar-refractivity contribution >= 4 is 50.7 Å². The van der Waals surface area contributed by atoms with Crippen LogP contribution in [0, 0.1) is 0 Å². The van der Waals surface area contributed by atoms with Crippen LogP contribution < -0.4 is 9.54 Å². The zero-order valence-electron chi connectivity index (χ0n) is 13.1. The summed E-state index contributed by atoms with van der Waals surface area (Å²) < 4.78 is 8.32. The van der Waals surface area contributed by atoms with E-state index >= 15 is 0 Å². The number of nitrogens with zero attached hydrogens (tertiary/aromatic N) is 2. The van der Waals surface area contributed by atoms with Gasteiger partial charge in [-0.15, -0.1) is 6.58 Å². The lowest BCUT2D eigenvalue weighted by molar-refractivity contribution is -0.120. The topological polar surface area (TPSA) is 43.6 Å². The third-order valence-electron chi connectivity index (χ3n) is 3.35. The molecule has 4 nitrogen and oxygen atoms in total. The second-order valence-electron chi connectivity index (χ2n) is 5.14. The molecule has 0 N–H and O–H groups in total. The van der Waals surface area contributed by atoms with E-state index in [0.29, 0.717) is 27.1 Å². The molecular formula is C18H14Cl2N2O2S. The minimum atomic E-state index is -0.370. The predicted molar refractivity (Wildman–Crippen MR) is 103 cm³/mol. The van der Waals surface area contributed by atoms with Gasteiger partial charge in [0.05, 0.1) is 10.2 Å². The molecule has 0 saturated heterocycles. The summed E-state index contributed by atoms with van der Waals surface area (Å²) >= 11 is 13.3. The number of thiazole rings is 1. The van der Waals surface area contributed by atoms with Gasteiger partial charge >= 0.3 is 0 Å². The van der Waals surface area contributed by atoms with Crippen molar-refractivity contribution in [3.8, 4) is 5.75 Å². The fourth-order valence-electron chi connectivity index (χ4n) is 2.25. The average molecular weight is 393 g/mol. The molecular weight excluding hydrogens is 379 g/mol. The number of amides is 1. The van der Waals surface area contributed by atoms with Crippen LogP contribution in [0.25, 0.3) is 10.2 Å². The lowest BCUT2D eigenvalue weighted by atomic mass is 10.3. The Bertz CT molecular complexity index is 990. The third-order valence-corrected chi connectivity index (χ3v) is 4.88. The molecule has 0 fully saturated rings. The zero-order valence-corrected chi connectivity index (χ0v) is 15.4. The number of ether oxygens (including phenoxy) is 1. The third kappa shape index (κ3) is 4.31. The fraction of sp³-hybridized carbons (Fsp3) is 0.111. The Morgan fingerprint density at radius 1 is 1.20 bits per heavy atom. The highest BCUT2D eigenvalue weighted by Crippen LogP contribution is 2.22. The van der Waals surface area contributed by atoms with Crippen LogP contribution in [0.5, 0.6) is 5.75 Å². The first-order chi connectivity index (χ1) is 12.1. The molecule has 25 heavy (non-hydrogen) atoms. The fourth-order valence-corrected chi connectivity index (χ4v) is 3.71. The van der Waals surface area contributed by atoms with Gasteiger partial charge in [-0.05, 0) is 42.5 Å². The zero-order chi connectivity index (χ0) is 17.8. The standard InChI is InChI=1S/C18H14Cl2N2O2S/c1-2-9-22-15-8-5-13(20)10-16(15)25-18(22)21-17(23)11-24-14-6-3-12(19)4-7-14/h2-8,10H,1,9,11H2. The monoisotopic (exact) mass is 392 g/mol. The highest BCUT2D eigenvalue weighted by molar-refractivity contribution is 7.16. The van der Waals surface area contributed by atoms with Crippen LogP contribution in [0.3, 0.4) is 0 Å². The SMILES string of the molecule is C=CCn1c(=NC(=O)COc2ccc(Cl)cc2)sc2cc(Cl)ccc21. The van der Waals surface area contributed by atoms with Gasteiger partial charge in [-0.1, -0.05) is 40.6 Å². The summed E-state index contributed by atoms with van der Waals surface area (Å²) in [4.78, 5) is 16.9. The van der Waals surface area contributed by atoms with E-state index in [4.69, 9.17) is 27.9 Å². The van der Waals surface area contributed by atoms with Crippen molar-refractivity contribution in [1.29, 1.82) is 0 Å². The predicted octanol–water partition coefficient (Wildman–Crippen LogP) is 4.70. The number of carbonyl (C=O) groups excluding carboxylic acids is 1. The Morgan fingerprint density at radius 3 is 2.64 bits per heavy atom. The van der Waals surface area contributed by atoms with Gasteiger partial charge in [0, 0.05) is 16.6 Å². The molecule has 0 spiro atoms. The molecule has 1 aromatic heterocycles. The van der Waals surface area contributed by atoms with Crippen molar-refractivity contribution in [1.82, 2.24) is 4.57 Å². The van der Waals surface area contributed by atoms with Crippen molar-refractivity contribution < 1.29 is 9.53 Å². The van der Waals surface area contributed by atoms with Gasteiger partial charge in [-0.3, -0.25) is 4.79 Å². The van der Waals surface area contributed by atoms with E-state index in [-0.39, 0.29) is 12.5 Å². The molecule has 0 aliphatic heterocycles. The Hall–Kier alpha value is -2.08. The van der Waals surface area contributed by atoms with Gasteiger partial charge < -0.3 is 9.30 Å². The lowest BCUT2D eigenvalue weighted by Gasteiger charge is -2.03. The molecule has 0 bridgehead atoms. The Labute approximate surface area is 158 Å². The number of hydrogen-bond donors (Lipinski definition) is 0. The van der Waals surface area contributed by atoms with Gasteiger partial charge in [0.25, 0.3) is 5.91 Å². The van der Waals surface area contributed by atoms with Crippen LogP contribution in [0.4, 0.5) is 0 Å². The summed E-state index contributed by atoms with van der Waals surface area (Å²) in [5, 5.41) is 1.25. The molecule has 0 aliphatic rings. The molecule has 7 heteroatoms. The average Bonchev–Trinajstić information content (AvgIpc) is 2.91. The first-order valence-electron chi connectivity index (χ1n) is 7.42. The number of rotatable bonds is 5. The van der Waals surface area contributed by atoms with Crippen LogP contribution in [0.2, 0.25) is 10.0 Å². The second kappa shape index (κ2) is 7.87. The molecule has 0 atom stereocenters. The van der Waals surface area contributed by atoms with Crippen molar-refractivity contribution in [2.24, 2.45) is 4.99 Å². The maximum atomic E-state index is 12.2. The Balaban J connectivity index is 1.86. The number of halogens is 2. The van der Waals surface area contributed by atoms with Crippen LogP contribution in [0.15, 0.2) is 60.1 Å². The quantitative estimate of drug-likeness (QED) is 0.590. The van der Waals surface area contributed by atoms with Gasteiger partial charge in [0.2, 0.25) is 0 Å². The Kier molecular flexibility index (Phi) is 5.58. The molecule has 0 aliphatic carbocycles. The van der Waals surface area contributed by atoms with E-state index in [1.165, 1.54) is 11.3 Å². The van der Waals surface area contributed by atoms with Crippen LogP contribution >= 0.6 is 34.5 Å². The van der Waals surface area contributed by atoms with E-state index in [9.17, 15) is 4.79 Å². The van der Waals surface area contributed by atoms with E-state index < -0.39 is 0 Å². The second-order valence-corrected chi connectivity index (χ2v) is 7.03. The highest BCUT2D eigenvalue weighted by atomic mass is 35.5. The molecule has 0 saturated carbocycles. The summed E-state index contributed by atoms with van der Waals surface area (Å²) in [5.74, 6) is 0.195. The Morgan fingerprint density at radius 2 is 1.92 bits per heavy atom. The van der Waals surface area contributed by atoms with Crippen molar-refractivity contribution in [3.63, 3.8) is 0 Å². The van der Waals surface area contributed by atoms with Crippen molar-refractivity contribution in [2.75, 3.05) is 6.61 Å². The largest absolute Gasteiger partial charge is 0.484 e.